The van der Waals surface area contributed by atoms with Gasteiger partial charge in [0, 0.05) is 18.3 Å². The van der Waals surface area contributed by atoms with Crippen molar-refractivity contribution < 1.29 is 18.7 Å². The van der Waals surface area contributed by atoms with Crippen molar-refractivity contribution in [3.8, 4) is 22.9 Å². The molecule has 2 aliphatic rings. The Bertz CT molecular complexity index is 962. The lowest BCUT2D eigenvalue weighted by Gasteiger charge is -2.31. The van der Waals surface area contributed by atoms with Crippen molar-refractivity contribution in [2.24, 2.45) is 0 Å². The first kappa shape index (κ1) is 18.1. The molecule has 0 radical (unpaired) electrons. The molecule has 8 nitrogen and oxygen atoms in total. The molecule has 0 aliphatic carbocycles. The Morgan fingerprint density at radius 2 is 2.10 bits per heavy atom. The lowest BCUT2D eigenvalue weighted by atomic mass is 10.1. The van der Waals surface area contributed by atoms with Crippen LogP contribution in [-0.4, -0.2) is 46.0 Å². The van der Waals surface area contributed by atoms with E-state index in [1.807, 2.05) is 36.4 Å². The molecule has 1 aromatic carbocycles. The van der Waals surface area contributed by atoms with Crippen LogP contribution < -0.4 is 9.47 Å². The molecule has 1 fully saturated rings. The van der Waals surface area contributed by atoms with Gasteiger partial charge in [0.05, 0.1) is 24.9 Å². The van der Waals surface area contributed by atoms with Gasteiger partial charge in [0.1, 0.15) is 0 Å². The molecule has 8 heteroatoms. The first-order valence-electron chi connectivity index (χ1n) is 9.80. The zero-order valence-electron chi connectivity index (χ0n) is 16.0. The van der Waals surface area contributed by atoms with Gasteiger partial charge in [-0.2, -0.15) is 4.98 Å². The summed E-state index contributed by atoms with van der Waals surface area (Å²) in [6, 6.07) is 11.5. The van der Waals surface area contributed by atoms with Gasteiger partial charge in [-0.05, 0) is 49.7 Å². The third-order valence-corrected chi connectivity index (χ3v) is 5.11. The smallest absolute Gasteiger partial charge is 0.241 e. The minimum absolute atomic E-state index is 0.182. The second-order valence-electron chi connectivity index (χ2n) is 7.21. The fourth-order valence-electron chi connectivity index (χ4n) is 3.64. The van der Waals surface area contributed by atoms with Crippen LogP contribution in [0.25, 0.3) is 11.4 Å². The normalized spacial score (nSPS) is 18.8. The largest absolute Gasteiger partial charge is 0.454 e. The molecular formula is C21H22N4O4. The molecule has 0 N–H and O–H groups in total. The predicted octanol–water partition coefficient (Wildman–Crippen LogP) is 3.04. The van der Waals surface area contributed by atoms with E-state index in [4.69, 9.17) is 18.7 Å². The highest BCUT2D eigenvalue weighted by Gasteiger charge is 2.23. The number of ether oxygens (including phenoxy) is 3. The van der Waals surface area contributed by atoms with E-state index >= 15 is 0 Å². The summed E-state index contributed by atoms with van der Waals surface area (Å²) in [6.07, 6.45) is 4.10. The van der Waals surface area contributed by atoms with Gasteiger partial charge in [-0.3, -0.25) is 9.88 Å². The van der Waals surface area contributed by atoms with Crippen LogP contribution in [0, 0.1) is 0 Å². The average molecular weight is 394 g/mol. The molecule has 2 aromatic heterocycles. The molecule has 1 atom stereocenters. The van der Waals surface area contributed by atoms with Gasteiger partial charge in [0.15, 0.2) is 11.5 Å². The molecule has 2 aliphatic heterocycles. The van der Waals surface area contributed by atoms with Gasteiger partial charge in [-0.25, -0.2) is 0 Å². The SMILES string of the molecule is c1ccc(CO[C@H]2CCCN(Cc3nc(-c4ccc5c(c4)OCO5)no3)C2)nc1. The molecule has 1 saturated heterocycles. The predicted molar refractivity (Wildman–Crippen MR) is 103 cm³/mol. The van der Waals surface area contributed by atoms with E-state index in [9.17, 15) is 0 Å². The molecule has 3 aromatic rings. The van der Waals surface area contributed by atoms with E-state index in [0.29, 0.717) is 30.6 Å². The van der Waals surface area contributed by atoms with Gasteiger partial charge in [-0.1, -0.05) is 11.2 Å². The molecule has 0 bridgehead atoms. The number of nitrogens with zero attached hydrogens (tertiary/aromatic N) is 4. The monoisotopic (exact) mass is 394 g/mol. The lowest BCUT2D eigenvalue weighted by Crippen LogP contribution is -2.39. The summed E-state index contributed by atoms with van der Waals surface area (Å²) in [4.78, 5) is 11.2. The fourth-order valence-corrected chi connectivity index (χ4v) is 3.64. The standard InChI is InChI=1S/C21H22N4O4/c1-2-8-22-16(4-1)13-26-17-5-3-9-25(11-17)12-20-23-21(24-29-20)15-6-7-18-19(10-15)28-14-27-18/h1-2,4,6-8,10,17H,3,5,9,11-14H2/t17-/m0/s1. The minimum atomic E-state index is 0.182. The summed E-state index contributed by atoms with van der Waals surface area (Å²) in [5, 5.41) is 4.12. The van der Waals surface area contributed by atoms with E-state index < -0.39 is 0 Å². The van der Waals surface area contributed by atoms with Crippen LogP contribution in [0.5, 0.6) is 11.5 Å². The highest BCUT2D eigenvalue weighted by molar-refractivity contribution is 5.61. The van der Waals surface area contributed by atoms with E-state index in [1.54, 1.807) is 6.20 Å². The fraction of sp³-hybridized carbons (Fsp3) is 0.381. The third-order valence-electron chi connectivity index (χ3n) is 5.11. The summed E-state index contributed by atoms with van der Waals surface area (Å²) in [7, 11) is 0. The number of likely N-dealkylation sites (tertiary alicyclic amines) is 1. The summed E-state index contributed by atoms with van der Waals surface area (Å²) in [5.74, 6) is 2.60. The lowest BCUT2D eigenvalue weighted by molar-refractivity contribution is -0.0153. The number of fused-ring (bicyclic) bond motifs is 1. The average Bonchev–Trinajstić information content (AvgIpc) is 3.42. The first-order valence-corrected chi connectivity index (χ1v) is 9.80. The van der Waals surface area contributed by atoms with Crippen molar-refractivity contribution in [2.75, 3.05) is 19.9 Å². The first-order chi connectivity index (χ1) is 14.3. The quantitative estimate of drug-likeness (QED) is 0.631. The number of benzene rings is 1. The maximum absolute atomic E-state index is 6.06. The topological polar surface area (TPSA) is 82.7 Å². The summed E-state index contributed by atoms with van der Waals surface area (Å²) < 4.78 is 22.3. The van der Waals surface area contributed by atoms with E-state index in [2.05, 4.69) is 20.0 Å². The van der Waals surface area contributed by atoms with Gasteiger partial charge in [0.2, 0.25) is 18.5 Å². The van der Waals surface area contributed by atoms with Crippen LogP contribution in [0.1, 0.15) is 24.4 Å². The number of piperidine rings is 1. The molecule has 29 heavy (non-hydrogen) atoms. The molecule has 0 amide bonds. The van der Waals surface area contributed by atoms with Crippen molar-refractivity contribution in [2.45, 2.75) is 32.1 Å². The molecule has 4 heterocycles. The number of hydrogen-bond acceptors (Lipinski definition) is 8. The number of hydrogen-bond donors (Lipinski definition) is 0. The van der Waals surface area contributed by atoms with Crippen molar-refractivity contribution in [1.29, 1.82) is 0 Å². The number of aromatic nitrogens is 3. The molecule has 5 rings (SSSR count). The Hall–Kier alpha value is -2.97. The minimum Gasteiger partial charge on any atom is -0.454 e. The van der Waals surface area contributed by atoms with Crippen LogP contribution in [0.3, 0.4) is 0 Å². The van der Waals surface area contributed by atoms with Gasteiger partial charge in [0.25, 0.3) is 0 Å². The van der Waals surface area contributed by atoms with Crippen molar-refractivity contribution in [3.05, 3.63) is 54.2 Å². The Balaban J connectivity index is 1.18. The van der Waals surface area contributed by atoms with Crippen LogP contribution >= 0.6 is 0 Å². The molecular weight excluding hydrogens is 372 g/mol. The Morgan fingerprint density at radius 3 is 3.03 bits per heavy atom. The Labute approximate surface area is 168 Å². The second kappa shape index (κ2) is 8.18. The van der Waals surface area contributed by atoms with E-state index in [1.165, 1.54) is 0 Å². The van der Waals surface area contributed by atoms with Crippen LogP contribution in [0.15, 0.2) is 47.1 Å². The summed E-state index contributed by atoms with van der Waals surface area (Å²) >= 11 is 0. The zero-order valence-corrected chi connectivity index (χ0v) is 16.0. The van der Waals surface area contributed by atoms with E-state index in [0.717, 1.165) is 42.9 Å². The van der Waals surface area contributed by atoms with Crippen molar-refractivity contribution >= 4 is 0 Å². The van der Waals surface area contributed by atoms with Gasteiger partial charge >= 0.3 is 0 Å². The molecule has 150 valence electrons. The zero-order chi connectivity index (χ0) is 19.5. The Kier molecular flexibility index (Phi) is 5.10. The summed E-state index contributed by atoms with van der Waals surface area (Å²) in [6.45, 7) is 3.23. The Morgan fingerprint density at radius 1 is 1.14 bits per heavy atom. The molecule has 0 spiro atoms. The highest BCUT2D eigenvalue weighted by atomic mass is 16.7. The van der Waals surface area contributed by atoms with Crippen LogP contribution in [0.4, 0.5) is 0 Å². The molecule has 0 saturated carbocycles. The second-order valence-corrected chi connectivity index (χ2v) is 7.21. The molecule has 0 unspecified atom stereocenters. The van der Waals surface area contributed by atoms with Crippen LogP contribution in [0.2, 0.25) is 0 Å². The van der Waals surface area contributed by atoms with E-state index in [-0.39, 0.29) is 12.9 Å². The van der Waals surface area contributed by atoms with Gasteiger partial charge < -0.3 is 18.7 Å². The maximum Gasteiger partial charge on any atom is 0.241 e. The number of rotatable bonds is 6. The number of pyridine rings is 1. The highest BCUT2D eigenvalue weighted by Crippen LogP contribution is 2.35. The summed E-state index contributed by atoms with van der Waals surface area (Å²) in [5.41, 5.74) is 1.80. The van der Waals surface area contributed by atoms with Crippen molar-refractivity contribution in [1.82, 2.24) is 20.0 Å². The van der Waals surface area contributed by atoms with Gasteiger partial charge in [-0.15, -0.1) is 0 Å². The third kappa shape index (κ3) is 4.23. The maximum atomic E-state index is 6.06. The van der Waals surface area contributed by atoms with Crippen molar-refractivity contribution in [3.63, 3.8) is 0 Å². The van der Waals surface area contributed by atoms with Crippen LogP contribution in [-0.2, 0) is 17.9 Å².